The number of piperidine rings is 1. The number of hydrogen-bond donors (Lipinski definition) is 2. The number of amides is 3. The average Bonchev–Trinajstić information content (AvgIpc) is 2.44. The van der Waals surface area contributed by atoms with Gasteiger partial charge in [-0.2, -0.15) is 0 Å². The first-order chi connectivity index (χ1) is 9.99. The van der Waals surface area contributed by atoms with E-state index < -0.39 is 18.4 Å². The van der Waals surface area contributed by atoms with E-state index in [1.54, 1.807) is 4.90 Å². The Hall–Kier alpha value is -1.79. The van der Waals surface area contributed by atoms with Gasteiger partial charge in [-0.25, -0.2) is 4.79 Å². The van der Waals surface area contributed by atoms with Gasteiger partial charge in [0.1, 0.15) is 13.1 Å². The van der Waals surface area contributed by atoms with Crippen LogP contribution in [0.4, 0.5) is 4.79 Å². The summed E-state index contributed by atoms with van der Waals surface area (Å²) in [5, 5.41) is 8.91. The second kappa shape index (κ2) is 6.78. The summed E-state index contributed by atoms with van der Waals surface area (Å²) >= 11 is 0. The van der Waals surface area contributed by atoms with Crippen molar-refractivity contribution in [2.75, 3.05) is 19.6 Å². The van der Waals surface area contributed by atoms with E-state index in [0.717, 1.165) is 37.0 Å². The highest BCUT2D eigenvalue weighted by molar-refractivity contribution is 5.86. The molecule has 7 heteroatoms. The van der Waals surface area contributed by atoms with Crippen molar-refractivity contribution in [1.82, 2.24) is 9.80 Å². The van der Waals surface area contributed by atoms with Crippen molar-refractivity contribution < 1.29 is 19.5 Å². The summed E-state index contributed by atoms with van der Waals surface area (Å²) in [7, 11) is 0. The van der Waals surface area contributed by atoms with Crippen LogP contribution in [0.1, 0.15) is 38.5 Å². The molecule has 3 amide bonds. The Labute approximate surface area is 124 Å². The summed E-state index contributed by atoms with van der Waals surface area (Å²) in [6.07, 6.45) is 6.45. The first-order valence-corrected chi connectivity index (χ1v) is 7.54. The van der Waals surface area contributed by atoms with Crippen LogP contribution in [0.5, 0.6) is 0 Å². The molecule has 21 heavy (non-hydrogen) atoms. The molecule has 1 saturated heterocycles. The average molecular weight is 297 g/mol. The van der Waals surface area contributed by atoms with Crippen molar-refractivity contribution >= 4 is 17.9 Å². The second-order valence-electron chi connectivity index (χ2n) is 5.95. The summed E-state index contributed by atoms with van der Waals surface area (Å²) in [6.45, 7) is -0.205. The number of carbonyl (C=O) groups excluding carboxylic acids is 2. The number of nitrogens with two attached hydrogens (primary N) is 1. The van der Waals surface area contributed by atoms with E-state index >= 15 is 0 Å². The van der Waals surface area contributed by atoms with Gasteiger partial charge in [0.05, 0.1) is 0 Å². The molecule has 0 unspecified atom stereocenters. The zero-order valence-electron chi connectivity index (χ0n) is 12.2. The maximum atomic E-state index is 12.6. The van der Waals surface area contributed by atoms with E-state index in [-0.39, 0.29) is 18.6 Å². The maximum Gasteiger partial charge on any atom is 0.323 e. The van der Waals surface area contributed by atoms with E-state index in [1.807, 2.05) is 0 Å². The molecular formula is C14H23N3O4. The Morgan fingerprint density at radius 1 is 1.10 bits per heavy atom. The predicted molar refractivity (Wildman–Crippen MR) is 75.5 cm³/mol. The second-order valence-corrected chi connectivity index (χ2v) is 5.95. The number of aliphatic carboxylic acids is 1. The Balaban J connectivity index is 2.10. The van der Waals surface area contributed by atoms with Gasteiger partial charge >= 0.3 is 12.0 Å². The van der Waals surface area contributed by atoms with E-state index in [2.05, 4.69) is 0 Å². The number of nitrogens with zero attached hydrogens (tertiary/aromatic N) is 2. The summed E-state index contributed by atoms with van der Waals surface area (Å²) < 4.78 is 0. The van der Waals surface area contributed by atoms with Gasteiger partial charge in [0.25, 0.3) is 0 Å². The van der Waals surface area contributed by atoms with Crippen molar-refractivity contribution in [3.05, 3.63) is 0 Å². The number of carbonyl (C=O) groups is 3. The number of primary amides is 1. The van der Waals surface area contributed by atoms with Crippen molar-refractivity contribution in [1.29, 1.82) is 0 Å². The third-order valence-electron chi connectivity index (χ3n) is 4.43. The van der Waals surface area contributed by atoms with Crippen LogP contribution in [0.25, 0.3) is 0 Å². The molecule has 0 radical (unpaired) electrons. The van der Waals surface area contributed by atoms with E-state index in [1.165, 1.54) is 6.42 Å². The van der Waals surface area contributed by atoms with Crippen LogP contribution in [0.2, 0.25) is 0 Å². The van der Waals surface area contributed by atoms with Gasteiger partial charge in [-0.1, -0.05) is 12.8 Å². The predicted octanol–water partition coefficient (Wildman–Crippen LogP) is 0.633. The molecule has 2 aliphatic rings. The van der Waals surface area contributed by atoms with Crippen LogP contribution in [-0.2, 0) is 9.59 Å². The molecule has 0 aromatic heterocycles. The highest BCUT2D eigenvalue weighted by Crippen LogP contribution is 2.35. The Bertz CT molecular complexity index is 408. The van der Waals surface area contributed by atoms with Gasteiger partial charge in [0, 0.05) is 12.6 Å². The molecule has 2 atom stereocenters. The normalized spacial score (nSPS) is 25.0. The number of fused-ring (bicyclic) bond motifs is 1. The number of urea groups is 1. The maximum absolute atomic E-state index is 12.6. The summed E-state index contributed by atoms with van der Waals surface area (Å²) in [5.74, 6) is -1.32. The van der Waals surface area contributed by atoms with Crippen LogP contribution in [-0.4, -0.2) is 58.5 Å². The number of carboxylic acid groups (broad SMARTS) is 1. The fourth-order valence-electron chi connectivity index (χ4n) is 3.59. The van der Waals surface area contributed by atoms with Crippen molar-refractivity contribution in [3.63, 3.8) is 0 Å². The molecule has 2 fully saturated rings. The fraction of sp³-hybridized carbons (Fsp3) is 0.786. The first-order valence-electron chi connectivity index (χ1n) is 7.54. The van der Waals surface area contributed by atoms with Crippen molar-refractivity contribution in [3.8, 4) is 0 Å². The molecule has 1 aliphatic heterocycles. The van der Waals surface area contributed by atoms with Crippen molar-refractivity contribution in [2.45, 2.75) is 44.6 Å². The van der Waals surface area contributed by atoms with Crippen LogP contribution < -0.4 is 5.73 Å². The number of rotatable bonds is 4. The van der Waals surface area contributed by atoms with Crippen LogP contribution in [0, 0.1) is 5.92 Å². The summed E-state index contributed by atoms with van der Waals surface area (Å²) in [6, 6.07) is -0.183. The topological polar surface area (TPSA) is 104 Å². The minimum absolute atomic E-state index is 0.184. The zero-order valence-corrected chi connectivity index (χ0v) is 12.2. The smallest absolute Gasteiger partial charge is 0.323 e. The van der Waals surface area contributed by atoms with E-state index in [9.17, 15) is 14.4 Å². The van der Waals surface area contributed by atoms with Gasteiger partial charge in [-0.3, -0.25) is 9.59 Å². The molecule has 1 saturated carbocycles. The Kier molecular flexibility index (Phi) is 5.03. The minimum atomic E-state index is -1.14. The van der Waals surface area contributed by atoms with Gasteiger partial charge in [-0.15, -0.1) is 0 Å². The van der Waals surface area contributed by atoms with Crippen molar-refractivity contribution in [2.24, 2.45) is 11.7 Å². The van der Waals surface area contributed by atoms with Crippen LogP contribution in [0.15, 0.2) is 0 Å². The molecular weight excluding hydrogens is 274 g/mol. The monoisotopic (exact) mass is 297 g/mol. The molecule has 0 spiro atoms. The van der Waals surface area contributed by atoms with E-state index in [0.29, 0.717) is 12.5 Å². The van der Waals surface area contributed by atoms with E-state index in [4.69, 9.17) is 10.8 Å². The number of likely N-dealkylation sites (tertiary alicyclic amines) is 1. The Morgan fingerprint density at radius 3 is 2.43 bits per heavy atom. The molecule has 0 aromatic rings. The lowest BCUT2D eigenvalue weighted by Gasteiger charge is -2.45. The lowest BCUT2D eigenvalue weighted by Crippen LogP contribution is -2.56. The first kappa shape index (κ1) is 15.6. The van der Waals surface area contributed by atoms with Gasteiger partial charge in [0.15, 0.2) is 0 Å². The molecule has 0 bridgehead atoms. The molecule has 7 nitrogen and oxygen atoms in total. The summed E-state index contributed by atoms with van der Waals surface area (Å²) in [5.41, 5.74) is 5.12. The number of carboxylic acids is 1. The SMILES string of the molecule is NC(=O)CN(CC(=O)O)C(=O)N1CCC[C@H]2CCCC[C@H]21. The van der Waals surface area contributed by atoms with Gasteiger partial charge in [0.2, 0.25) is 5.91 Å². The molecule has 2 rings (SSSR count). The zero-order chi connectivity index (χ0) is 15.4. The lowest BCUT2D eigenvalue weighted by atomic mass is 9.78. The van der Waals surface area contributed by atoms with Crippen LogP contribution in [0.3, 0.4) is 0 Å². The third kappa shape index (κ3) is 3.86. The standard InChI is InChI=1S/C14H23N3O4/c15-12(18)8-16(9-13(19)20)14(21)17-7-3-5-10-4-1-2-6-11(10)17/h10-11H,1-9H2,(H2,15,18)(H,19,20)/t10-,11-/m1/s1. The van der Waals surface area contributed by atoms with Gasteiger partial charge < -0.3 is 20.6 Å². The Morgan fingerprint density at radius 2 is 1.76 bits per heavy atom. The summed E-state index contributed by atoms with van der Waals surface area (Å²) in [4.78, 5) is 37.4. The fourth-order valence-corrected chi connectivity index (χ4v) is 3.59. The molecule has 0 aromatic carbocycles. The lowest BCUT2D eigenvalue weighted by molar-refractivity contribution is -0.138. The van der Waals surface area contributed by atoms with Crippen LogP contribution >= 0.6 is 0 Å². The highest BCUT2D eigenvalue weighted by atomic mass is 16.4. The highest BCUT2D eigenvalue weighted by Gasteiger charge is 2.37. The minimum Gasteiger partial charge on any atom is -0.480 e. The third-order valence-corrected chi connectivity index (χ3v) is 4.43. The molecule has 1 aliphatic carbocycles. The quantitative estimate of drug-likeness (QED) is 0.794. The largest absolute Gasteiger partial charge is 0.480 e. The van der Waals surface area contributed by atoms with Gasteiger partial charge in [-0.05, 0) is 31.6 Å². The molecule has 3 N–H and O–H groups in total. The molecule has 1 heterocycles. The molecule has 118 valence electrons. The number of hydrogen-bond acceptors (Lipinski definition) is 3.